The van der Waals surface area contributed by atoms with E-state index in [0.29, 0.717) is 19.0 Å². The van der Waals surface area contributed by atoms with Crippen molar-refractivity contribution in [3.05, 3.63) is 35.6 Å². The molecule has 16 heavy (non-hydrogen) atoms. The Labute approximate surface area is 101 Å². The van der Waals surface area contributed by atoms with Crippen molar-refractivity contribution in [2.24, 2.45) is 0 Å². The minimum absolute atomic E-state index is 0.208. The van der Waals surface area contributed by atoms with Gasteiger partial charge in [0.1, 0.15) is 5.82 Å². The molecule has 1 N–H and O–H groups in total. The smallest absolute Gasteiger partial charge is 0.123 e. The predicted molar refractivity (Wildman–Crippen MR) is 64.2 cm³/mol. The zero-order valence-corrected chi connectivity index (χ0v) is 10.1. The standard InChI is InChI=1S/C12H17ClFNO/c1-16-9-12(5-6-13)15-8-10-3-2-4-11(14)7-10/h2-4,7,12,15H,5-6,8-9H2,1H3. The van der Waals surface area contributed by atoms with Crippen molar-refractivity contribution in [3.8, 4) is 0 Å². The maximum atomic E-state index is 12.9. The molecule has 4 heteroatoms. The summed E-state index contributed by atoms with van der Waals surface area (Å²) in [5, 5.41) is 3.29. The van der Waals surface area contributed by atoms with Crippen molar-refractivity contribution in [1.29, 1.82) is 0 Å². The lowest BCUT2D eigenvalue weighted by Crippen LogP contribution is -2.33. The van der Waals surface area contributed by atoms with Crippen LogP contribution in [0.15, 0.2) is 24.3 Å². The van der Waals surface area contributed by atoms with Gasteiger partial charge in [0.05, 0.1) is 6.61 Å². The molecule has 0 amide bonds. The van der Waals surface area contributed by atoms with Crippen molar-refractivity contribution in [3.63, 3.8) is 0 Å². The molecule has 90 valence electrons. The van der Waals surface area contributed by atoms with Crippen LogP contribution in [-0.2, 0) is 11.3 Å². The highest BCUT2D eigenvalue weighted by atomic mass is 35.5. The largest absolute Gasteiger partial charge is 0.383 e. The summed E-state index contributed by atoms with van der Waals surface area (Å²) < 4.78 is 18.0. The Hall–Kier alpha value is -0.640. The number of ether oxygens (including phenoxy) is 1. The van der Waals surface area contributed by atoms with E-state index >= 15 is 0 Å². The first-order valence-corrected chi connectivity index (χ1v) is 5.82. The average Bonchev–Trinajstić information content (AvgIpc) is 2.27. The molecular weight excluding hydrogens is 229 g/mol. The van der Waals surface area contributed by atoms with Crippen molar-refractivity contribution >= 4 is 11.6 Å². The molecule has 2 nitrogen and oxygen atoms in total. The van der Waals surface area contributed by atoms with E-state index < -0.39 is 0 Å². The predicted octanol–water partition coefficient (Wildman–Crippen LogP) is 2.56. The van der Waals surface area contributed by atoms with Crippen LogP contribution in [0.4, 0.5) is 4.39 Å². The third-order valence-corrected chi connectivity index (χ3v) is 2.53. The number of methoxy groups -OCH3 is 1. The van der Waals surface area contributed by atoms with Gasteiger partial charge in [-0.25, -0.2) is 4.39 Å². The van der Waals surface area contributed by atoms with Crippen LogP contribution in [0.3, 0.4) is 0 Å². The van der Waals surface area contributed by atoms with Gasteiger partial charge in [-0.1, -0.05) is 12.1 Å². The SMILES string of the molecule is COCC(CCCl)NCc1cccc(F)c1. The Morgan fingerprint density at radius 1 is 1.50 bits per heavy atom. The fourth-order valence-electron chi connectivity index (χ4n) is 1.49. The average molecular weight is 246 g/mol. The number of rotatable bonds is 7. The molecule has 0 aromatic heterocycles. The molecule has 1 rings (SSSR count). The molecule has 0 aliphatic rings. The zero-order chi connectivity index (χ0) is 11.8. The third kappa shape index (κ3) is 4.92. The first kappa shape index (κ1) is 13.4. The van der Waals surface area contributed by atoms with Crippen LogP contribution < -0.4 is 5.32 Å². The Morgan fingerprint density at radius 2 is 2.31 bits per heavy atom. The van der Waals surface area contributed by atoms with Gasteiger partial charge < -0.3 is 10.1 Å². The van der Waals surface area contributed by atoms with Crippen LogP contribution in [0.1, 0.15) is 12.0 Å². The molecule has 0 aliphatic heterocycles. The summed E-state index contributed by atoms with van der Waals surface area (Å²) in [6.07, 6.45) is 0.838. The van der Waals surface area contributed by atoms with E-state index in [1.807, 2.05) is 6.07 Å². The second-order valence-corrected chi connectivity index (χ2v) is 4.02. The van der Waals surface area contributed by atoms with Crippen LogP contribution in [0.25, 0.3) is 0 Å². The summed E-state index contributed by atoms with van der Waals surface area (Å²) in [7, 11) is 1.66. The van der Waals surface area contributed by atoms with Gasteiger partial charge in [0.25, 0.3) is 0 Å². The molecule has 0 radical (unpaired) electrons. The minimum Gasteiger partial charge on any atom is -0.383 e. The van der Waals surface area contributed by atoms with Gasteiger partial charge in [-0.2, -0.15) is 0 Å². The molecule has 0 fully saturated rings. The summed E-state index contributed by atoms with van der Waals surface area (Å²) in [6, 6.07) is 6.78. The summed E-state index contributed by atoms with van der Waals surface area (Å²) in [5.41, 5.74) is 0.927. The second-order valence-electron chi connectivity index (χ2n) is 3.64. The normalized spacial score (nSPS) is 12.7. The van der Waals surface area contributed by atoms with E-state index in [4.69, 9.17) is 16.3 Å². The van der Waals surface area contributed by atoms with E-state index in [1.54, 1.807) is 13.2 Å². The second kappa shape index (κ2) is 7.60. The van der Waals surface area contributed by atoms with Gasteiger partial charge in [0.15, 0.2) is 0 Å². The highest BCUT2D eigenvalue weighted by Gasteiger charge is 2.06. The molecule has 0 aliphatic carbocycles. The van der Waals surface area contributed by atoms with E-state index in [0.717, 1.165) is 12.0 Å². The number of alkyl halides is 1. The van der Waals surface area contributed by atoms with Crippen LogP contribution in [0, 0.1) is 5.82 Å². The van der Waals surface area contributed by atoms with E-state index in [-0.39, 0.29) is 11.9 Å². The van der Waals surface area contributed by atoms with Crippen LogP contribution in [0.5, 0.6) is 0 Å². The number of hydrogen-bond acceptors (Lipinski definition) is 2. The number of nitrogens with one attached hydrogen (secondary N) is 1. The van der Waals surface area contributed by atoms with Gasteiger partial charge >= 0.3 is 0 Å². The lowest BCUT2D eigenvalue weighted by molar-refractivity contribution is 0.164. The highest BCUT2D eigenvalue weighted by Crippen LogP contribution is 2.04. The molecule has 1 atom stereocenters. The molecule has 0 saturated carbocycles. The number of benzene rings is 1. The Kier molecular flexibility index (Phi) is 6.38. The zero-order valence-electron chi connectivity index (χ0n) is 9.38. The fraction of sp³-hybridized carbons (Fsp3) is 0.500. The Morgan fingerprint density at radius 3 is 2.94 bits per heavy atom. The summed E-state index contributed by atoms with van der Waals surface area (Å²) >= 11 is 5.68. The van der Waals surface area contributed by atoms with E-state index in [2.05, 4.69) is 5.32 Å². The molecule has 0 bridgehead atoms. The Balaban J connectivity index is 2.41. The van der Waals surface area contributed by atoms with Gasteiger partial charge in [-0.3, -0.25) is 0 Å². The minimum atomic E-state index is -0.208. The van der Waals surface area contributed by atoms with Gasteiger partial charge in [-0.15, -0.1) is 11.6 Å². The number of hydrogen-bond donors (Lipinski definition) is 1. The summed E-state index contributed by atoms with van der Waals surface area (Å²) in [5.74, 6) is 0.379. The van der Waals surface area contributed by atoms with Crippen molar-refractivity contribution in [2.75, 3.05) is 19.6 Å². The molecule has 1 unspecified atom stereocenters. The topological polar surface area (TPSA) is 21.3 Å². The first-order chi connectivity index (χ1) is 7.76. The molecule has 0 heterocycles. The van der Waals surface area contributed by atoms with Gasteiger partial charge in [0.2, 0.25) is 0 Å². The van der Waals surface area contributed by atoms with Crippen molar-refractivity contribution in [1.82, 2.24) is 5.32 Å². The maximum absolute atomic E-state index is 12.9. The van der Waals surface area contributed by atoms with Crippen molar-refractivity contribution < 1.29 is 9.13 Å². The molecule has 1 aromatic carbocycles. The molecular formula is C12H17ClFNO. The van der Waals surface area contributed by atoms with E-state index in [1.165, 1.54) is 12.1 Å². The summed E-state index contributed by atoms with van der Waals surface area (Å²) in [4.78, 5) is 0. The monoisotopic (exact) mass is 245 g/mol. The van der Waals surface area contributed by atoms with Crippen LogP contribution in [0.2, 0.25) is 0 Å². The van der Waals surface area contributed by atoms with Crippen LogP contribution >= 0.6 is 11.6 Å². The first-order valence-electron chi connectivity index (χ1n) is 5.29. The lowest BCUT2D eigenvalue weighted by Gasteiger charge is -2.16. The quantitative estimate of drug-likeness (QED) is 0.746. The lowest BCUT2D eigenvalue weighted by atomic mass is 10.2. The molecule has 1 aromatic rings. The van der Waals surface area contributed by atoms with E-state index in [9.17, 15) is 4.39 Å². The van der Waals surface area contributed by atoms with Gasteiger partial charge in [-0.05, 0) is 24.1 Å². The summed E-state index contributed by atoms with van der Waals surface area (Å²) in [6.45, 7) is 1.24. The highest BCUT2D eigenvalue weighted by molar-refractivity contribution is 6.17. The van der Waals surface area contributed by atoms with Crippen LogP contribution in [-0.4, -0.2) is 25.6 Å². The number of halogens is 2. The Bertz CT molecular complexity index is 303. The third-order valence-electron chi connectivity index (χ3n) is 2.31. The molecule has 0 spiro atoms. The fourth-order valence-corrected chi connectivity index (χ4v) is 1.75. The molecule has 0 saturated heterocycles. The van der Waals surface area contributed by atoms with Gasteiger partial charge in [0, 0.05) is 25.6 Å². The maximum Gasteiger partial charge on any atom is 0.123 e. The van der Waals surface area contributed by atoms with Crippen molar-refractivity contribution in [2.45, 2.75) is 19.0 Å².